The molecule has 0 radical (unpaired) electrons. The summed E-state index contributed by atoms with van der Waals surface area (Å²) in [5.41, 5.74) is 8.55. The molecule has 96 valence electrons. The fraction of sp³-hybridized carbons (Fsp3) is 0.400. The predicted octanol–water partition coefficient (Wildman–Crippen LogP) is 2.15. The summed E-state index contributed by atoms with van der Waals surface area (Å²) >= 11 is 4.66. The number of benzene rings is 1. The van der Waals surface area contributed by atoms with Gasteiger partial charge in [-0.1, -0.05) is 23.7 Å². The quantitative estimate of drug-likeness (QED) is 0.805. The van der Waals surface area contributed by atoms with Crippen molar-refractivity contribution < 1.29 is 17.9 Å². The van der Waals surface area contributed by atoms with Gasteiger partial charge in [-0.3, -0.25) is 0 Å². The number of halogens is 4. The lowest BCUT2D eigenvalue weighted by atomic mass is 10.1. The van der Waals surface area contributed by atoms with Gasteiger partial charge in [0, 0.05) is 12.6 Å². The first-order chi connectivity index (χ1) is 7.86. The van der Waals surface area contributed by atoms with E-state index in [4.69, 9.17) is 11.5 Å². The third-order valence-electron chi connectivity index (χ3n) is 2.05. The normalized spacial score (nSPS) is 15.4. The van der Waals surface area contributed by atoms with Crippen molar-refractivity contribution in [3.8, 4) is 5.75 Å². The Hall–Kier alpha value is -0.980. The van der Waals surface area contributed by atoms with Crippen LogP contribution in [0.5, 0.6) is 5.75 Å². The molecule has 0 aromatic heterocycles. The van der Waals surface area contributed by atoms with Crippen molar-refractivity contribution in [2.24, 2.45) is 11.5 Å². The third-order valence-corrected chi connectivity index (χ3v) is 2.30. The summed E-state index contributed by atoms with van der Waals surface area (Å²) in [4.78, 5) is 0. The standard InChI is InChI=1S/C10H12ClF3N2O/c11-9(12)10(13,14)17-7-3-1-2-6(4-7)8(16)5-15/h1-4,8-9H,5,15-16H2. The second kappa shape index (κ2) is 5.57. The van der Waals surface area contributed by atoms with Crippen LogP contribution in [0.3, 0.4) is 0 Å². The van der Waals surface area contributed by atoms with Crippen LogP contribution in [0.15, 0.2) is 24.3 Å². The van der Waals surface area contributed by atoms with Crippen LogP contribution < -0.4 is 16.2 Å². The molecule has 0 heterocycles. The fourth-order valence-electron chi connectivity index (χ4n) is 1.15. The minimum absolute atomic E-state index is 0.154. The number of nitrogens with two attached hydrogens (primary N) is 2. The molecule has 0 saturated carbocycles. The lowest BCUT2D eigenvalue weighted by molar-refractivity contribution is -0.199. The summed E-state index contributed by atoms with van der Waals surface area (Å²) in [5, 5.41) is 0. The first-order valence-electron chi connectivity index (χ1n) is 4.77. The molecule has 0 aliphatic rings. The Kier molecular flexibility index (Phi) is 4.62. The largest absolute Gasteiger partial charge is 0.444 e. The predicted molar refractivity (Wildman–Crippen MR) is 58.7 cm³/mol. The van der Waals surface area contributed by atoms with Crippen LogP contribution >= 0.6 is 11.6 Å². The van der Waals surface area contributed by atoms with E-state index in [2.05, 4.69) is 16.3 Å². The first-order valence-corrected chi connectivity index (χ1v) is 5.21. The molecule has 0 saturated heterocycles. The summed E-state index contributed by atoms with van der Waals surface area (Å²) in [5.74, 6) is -0.222. The molecule has 0 spiro atoms. The Balaban J connectivity index is 2.86. The zero-order valence-electron chi connectivity index (χ0n) is 8.75. The highest BCUT2D eigenvalue weighted by atomic mass is 35.5. The van der Waals surface area contributed by atoms with E-state index in [9.17, 15) is 13.2 Å². The lowest BCUT2D eigenvalue weighted by Gasteiger charge is -2.18. The van der Waals surface area contributed by atoms with Gasteiger partial charge in [-0.25, -0.2) is 4.39 Å². The SMILES string of the molecule is NCC(N)c1cccc(OC(F)(F)C(F)Cl)c1. The van der Waals surface area contributed by atoms with E-state index in [1.54, 1.807) is 6.07 Å². The zero-order chi connectivity index (χ0) is 13.1. The molecular formula is C10H12ClF3N2O. The molecule has 0 aliphatic carbocycles. The van der Waals surface area contributed by atoms with Gasteiger partial charge in [0.2, 0.25) is 0 Å². The van der Waals surface area contributed by atoms with E-state index in [0.29, 0.717) is 5.56 Å². The maximum atomic E-state index is 12.9. The Morgan fingerprint density at radius 2 is 2.06 bits per heavy atom. The van der Waals surface area contributed by atoms with Crippen molar-refractivity contribution in [1.29, 1.82) is 0 Å². The Labute approximate surface area is 101 Å². The fourth-order valence-corrected chi connectivity index (χ4v) is 1.19. The van der Waals surface area contributed by atoms with E-state index in [1.165, 1.54) is 18.2 Å². The summed E-state index contributed by atoms with van der Waals surface area (Å²) in [7, 11) is 0. The molecule has 1 aromatic rings. The third kappa shape index (κ3) is 3.76. The van der Waals surface area contributed by atoms with Crippen molar-refractivity contribution in [1.82, 2.24) is 0 Å². The lowest BCUT2D eigenvalue weighted by Crippen LogP contribution is -2.32. The van der Waals surface area contributed by atoms with Crippen molar-refractivity contribution in [2.45, 2.75) is 17.8 Å². The maximum absolute atomic E-state index is 12.9. The van der Waals surface area contributed by atoms with Crippen LogP contribution in [-0.2, 0) is 0 Å². The van der Waals surface area contributed by atoms with Gasteiger partial charge in [0.15, 0.2) is 0 Å². The molecular weight excluding hydrogens is 257 g/mol. The average molecular weight is 269 g/mol. The summed E-state index contributed by atoms with van der Waals surface area (Å²) < 4.78 is 42.2. The molecule has 17 heavy (non-hydrogen) atoms. The van der Waals surface area contributed by atoms with E-state index >= 15 is 0 Å². The van der Waals surface area contributed by atoms with Crippen LogP contribution in [0.2, 0.25) is 0 Å². The smallest absolute Gasteiger partial charge is 0.429 e. The second-order valence-electron chi connectivity index (χ2n) is 3.38. The molecule has 2 unspecified atom stereocenters. The van der Waals surface area contributed by atoms with Crippen LogP contribution in [0.1, 0.15) is 11.6 Å². The van der Waals surface area contributed by atoms with Crippen LogP contribution in [0.4, 0.5) is 13.2 Å². The highest BCUT2D eigenvalue weighted by Gasteiger charge is 2.42. The monoisotopic (exact) mass is 268 g/mol. The molecule has 0 fully saturated rings. The minimum Gasteiger partial charge on any atom is -0.429 e. The highest BCUT2D eigenvalue weighted by Crippen LogP contribution is 2.29. The average Bonchev–Trinajstić information content (AvgIpc) is 2.27. The van der Waals surface area contributed by atoms with E-state index < -0.39 is 17.8 Å². The zero-order valence-corrected chi connectivity index (χ0v) is 9.50. The van der Waals surface area contributed by atoms with Crippen molar-refractivity contribution in [3.05, 3.63) is 29.8 Å². The maximum Gasteiger partial charge on any atom is 0.444 e. The molecule has 4 N–H and O–H groups in total. The van der Waals surface area contributed by atoms with E-state index in [-0.39, 0.29) is 12.3 Å². The van der Waals surface area contributed by atoms with Crippen LogP contribution in [0.25, 0.3) is 0 Å². The van der Waals surface area contributed by atoms with Gasteiger partial charge in [-0.05, 0) is 17.7 Å². The van der Waals surface area contributed by atoms with Gasteiger partial charge >= 0.3 is 6.11 Å². The summed E-state index contributed by atoms with van der Waals surface area (Å²) in [6.07, 6.45) is -4.09. The number of alkyl halides is 4. The summed E-state index contributed by atoms with van der Waals surface area (Å²) in [6, 6.07) is 5.09. The Morgan fingerprint density at radius 3 is 2.59 bits per heavy atom. The van der Waals surface area contributed by atoms with Gasteiger partial charge in [0.1, 0.15) is 5.75 Å². The number of ether oxygens (including phenoxy) is 1. The van der Waals surface area contributed by atoms with Gasteiger partial charge in [0.05, 0.1) is 0 Å². The Bertz CT molecular complexity index is 376. The first kappa shape index (κ1) is 14.1. The molecule has 1 rings (SSSR count). The van der Waals surface area contributed by atoms with Gasteiger partial charge in [-0.15, -0.1) is 0 Å². The van der Waals surface area contributed by atoms with Crippen LogP contribution in [-0.4, -0.2) is 18.3 Å². The number of hydrogen-bond acceptors (Lipinski definition) is 3. The number of rotatable bonds is 5. The summed E-state index contributed by atoms with van der Waals surface area (Å²) in [6.45, 7) is 0.154. The molecule has 1 aromatic carbocycles. The van der Waals surface area contributed by atoms with Crippen molar-refractivity contribution in [2.75, 3.05) is 6.54 Å². The minimum atomic E-state index is -4.09. The van der Waals surface area contributed by atoms with Crippen LogP contribution in [0, 0.1) is 0 Å². The van der Waals surface area contributed by atoms with Gasteiger partial charge < -0.3 is 16.2 Å². The molecule has 0 bridgehead atoms. The van der Waals surface area contributed by atoms with Gasteiger partial charge in [0.25, 0.3) is 5.63 Å². The van der Waals surface area contributed by atoms with E-state index in [0.717, 1.165) is 0 Å². The molecule has 7 heteroatoms. The molecule has 0 amide bonds. The molecule has 3 nitrogen and oxygen atoms in total. The highest BCUT2D eigenvalue weighted by molar-refractivity contribution is 6.20. The number of hydrogen-bond donors (Lipinski definition) is 2. The molecule has 0 aliphatic heterocycles. The second-order valence-corrected chi connectivity index (χ2v) is 3.76. The van der Waals surface area contributed by atoms with Gasteiger partial charge in [-0.2, -0.15) is 8.78 Å². The molecule has 2 atom stereocenters. The van der Waals surface area contributed by atoms with E-state index in [1.807, 2.05) is 0 Å². The van der Waals surface area contributed by atoms with Crippen molar-refractivity contribution in [3.63, 3.8) is 0 Å². The topological polar surface area (TPSA) is 61.3 Å². The van der Waals surface area contributed by atoms with Crippen molar-refractivity contribution >= 4 is 11.6 Å². The Morgan fingerprint density at radius 1 is 1.41 bits per heavy atom.